The van der Waals surface area contributed by atoms with E-state index >= 15 is 0 Å². The molecule has 0 aliphatic carbocycles. The van der Waals surface area contributed by atoms with Crippen molar-refractivity contribution in [2.75, 3.05) is 16.5 Å². The number of hydrogen-bond donors (Lipinski definition) is 0. The van der Waals surface area contributed by atoms with Gasteiger partial charge >= 0.3 is 0 Å². The second-order valence-electron chi connectivity index (χ2n) is 26.3. The molecular weight excluding hydrogens is 1090 g/mol. The van der Waals surface area contributed by atoms with E-state index in [1.54, 1.807) is 41.0 Å². The Kier molecular flexibility index (Phi) is 11.9. The lowest BCUT2D eigenvalue weighted by Crippen LogP contribution is -2.74. The number of anilines is 4. The van der Waals surface area contributed by atoms with Crippen LogP contribution in [0.5, 0.6) is 11.5 Å². The largest absolute Gasteiger partial charge is 0.457 e. The molecule has 0 saturated heterocycles. The van der Waals surface area contributed by atoms with Crippen molar-refractivity contribution in [1.29, 1.82) is 0 Å². The highest BCUT2D eigenvalue weighted by atomic mass is 28.3. The third-order valence-corrected chi connectivity index (χ3v) is 22.2. The number of benzene rings is 11. The number of para-hydroxylation sites is 5. The van der Waals surface area contributed by atoms with Gasteiger partial charge in [-0.25, -0.2) is 4.98 Å². The van der Waals surface area contributed by atoms with E-state index in [2.05, 4.69) is 266 Å². The smallest absolute Gasteiger partial charge is 0.215 e. The third kappa shape index (κ3) is 9.42. The molecule has 0 spiro atoms. The quantitative estimate of drug-likeness (QED) is 0.0956. The van der Waals surface area contributed by atoms with E-state index in [9.17, 15) is 2.74 Å². The molecule has 0 bridgehead atoms. The summed E-state index contributed by atoms with van der Waals surface area (Å²) in [6, 6.07) is 80.9. The fourth-order valence-electron chi connectivity index (χ4n) is 14.0. The average molecular weight is 1170 g/mol. The third-order valence-electron chi connectivity index (χ3n) is 17.5. The van der Waals surface area contributed by atoms with Crippen LogP contribution in [0.25, 0.3) is 61.0 Å². The number of aryl methyl sites for hydroxylation is 1. The Labute approximate surface area is 529 Å². The molecule has 0 amide bonds. The number of ether oxygens (including phenoxy) is 1. The highest BCUT2D eigenvalue weighted by Gasteiger charge is 2.45. The maximum Gasteiger partial charge on any atom is 0.215 e. The molecule has 88 heavy (non-hydrogen) atoms. The standard InChI is InChI=1S/C81H75N5OSi/c1-79(2,3)74-72(55-32-16-11-17-33-55)77(73(56-34-18-12-19-35-56)75(80(4,5)6)76(74)81(7,8)9)85-54-84(69-46-30-31-47-70(69)85)57-50-59(52-63(51-57)88(60-36-20-13-21-37-60,61-38-22-14-23-39-61)62-40-24-15-25-41-62)87-58-48-49-65-64-42-26-28-44-67(64)86(71(65)53-58)78-82-66-43-27-29-45-68(66)83(78)10/h11-53H,54H2,1-10H3/i10D3,26D,28D,42D,44D. The lowest BCUT2D eigenvalue weighted by atomic mass is 9.64. The summed E-state index contributed by atoms with van der Waals surface area (Å²) in [5.41, 5.74) is 13.1. The summed E-state index contributed by atoms with van der Waals surface area (Å²) >= 11 is 0. The molecule has 0 N–H and O–H groups in total. The molecule has 1 aliphatic heterocycles. The van der Waals surface area contributed by atoms with E-state index in [1.165, 1.54) is 47.9 Å². The van der Waals surface area contributed by atoms with Crippen LogP contribution in [0.2, 0.25) is 0 Å². The molecular formula is C81H75N5OSi. The van der Waals surface area contributed by atoms with Crippen LogP contribution in [-0.4, -0.2) is 28.9 Å². The summed E-state index contributed by atoms with van der Waals surface area (Å²) in [5, 5.41) is 5.29. The van der Waals surface area contributed by atoms with Gasteiger partial charge in [0.2, 0.25) is 5.95 Å². The van der Waals surface area contributed by atoms with Crippen LogP contribution in [0, 0.1) is 0 Å². The fourth-order valence-corrected chi connectivity index (χ4v) is 18.8. The van der Waals surface area contributed by atoms with Gasteiger partial charge in [-0.15, -0.1) is 0 Å². The first kappa shape index (κ1) is 48.4. The topological polar surface area (TPSA) is 38.5 Å². The van der Waals surface area contributed by atoms with E-state index in [1.807, 2.05) is 6.07 Å². The Bertz CT molecular complexity index is 4940. The van der Waals surface area contributed by atoms with Crippen LogP contribution < -0.4 is 35.3 Å². The lowest BCUT2D eigenvalue weighted by Gasteiger charge is -2.43. The zero-order valence-corrected chi connectivity index (χ0v) is 52.4. The zero-order chi connectivity index (χ0) is 66.7. The Morgan fingerprint density at radius 1 is 0.443 bits per heavy atom. The fraction of sp³-hybridized carbons (Fsp3) is 0.173. The summed E-state index contributed by atoms with van der Waals surface area (Å²) in [6.07, 6.45) is 0. The van der Waals surface area contributed by atoms with Crippen LogP contribution in [0.3, 0.4) is 0 Å². The summed E-state index contributed by atoms with van der Waals surface area (Å²) in [5.74, 6) is 0.890. The molecule has 0 unspecified atom stereocenters. The van der Waals surface area contributed by atoms with Gasteiger partial charge in [0.15, 0.2) is 8.07 Å². The average Bonchev–Trinajstić information content (AvgIpc) is 1.71. The van der Waals surface area contributed by atoms with Gasteiger partial charge in [0.05, 0.1) is 44.6 Å². The molecule has 0 atom stereocenters. The van der Waals surface area contributed by atoms with Crippen molar-refractivity contribution < 1.29 is 14.3 Å². The molecule has 1 aliphatic rings. The Morgan fingerprint density at radius 2 is 0.943 bits per heavy atom. The Balaban J connectivity index is 1.06. The highest BCUT2D eigenvalue weighted by Crippen LogP contribution is 2.58. The SMILES string of the molecule is [2H]c1c([2H])c([2H])c2c(c1[2H])c1ccc(Oc3cc(N4CN(c5c(-c6ccccc6)c(C(C)(C)C)c(C(C)(C)C)c(C(C)(C)C)c5-c5ccccc5)c5ccccc54)cc([Si](c4ccccc4)(c4ccccc4)c4ccccc4)c3)cc1n2-c1nc2ccccc2n1C([2H])([2H])[2H]. The molecule has 434 valence electrons. The van der Waals surface area contributed by atoms with Crippen molar-refractivity contribution in [3.63, 3.8) is 0 Å². The predicted molar refractivity (Wildman–Crippen MR) is 374 cm³/mol. The van der Waals surface area contributed by atoms with Crippen molar-refractivity contribution in [2.24, 2.45) is 6.98 Å². The minimum absolute atomic E-state index is 0.0255. The highest BCUT2D eigenvalue weighted by molar-refractivity contribution is 7.20. The van der Waals surface area contributed by atoms with Gasteiger partial charge in [-0.3, -0.25) is 4.57 Å². The molecule has 7 heteroatoms. The predicted octanol–water partition coefficient (Wildman–Crippen LogP) is 18.3. The van der Waals surface area contributed by atoms with Crippen molar-refractivity contribution in [3.05, 3.63) is 277 Å². The molecule has 0 radical (unpaired) electrons. The van der Waals surface area contributed by atoms with Crippen LogP contribution in [0.4, 0.5) is 22.7 Å². The zero-order valence-electron chi connectivity index (χ0n) is 58.4. The molecule has 3 heterocycles. The van der Waals surface area contributed by atoms with Gasteiger partial charge in [0.25, 0.3) is 0 Å². The summed E-state index contributed by atoms with van der Waals surface area (Å²) in [4.78, 5) is 9.94. The maximum absolute atomic E-state index is 9.46. The number of imidazole rings is 1. The Morgan fingerprint density at radius 3 is 1.49 bits per heavy atom. The monoisotopic (exact) mass is 1170 g/mol. The number of fused-ring (bicyclic) bond motifs is 5. The van der Waals surface area contributed by atoms with Gasteiger partial charge in [-0.2, -0.15) is 0 Å². The second kappa shape index (κ2) is 21.6. The minimum atomic E-state index is -3.34. The van der Waals surface area contributed by atoms with Gasteiger partial charge < -0.3 is 19.1 Å². The number of aromatic nitrogens is 3. The number of rotatable bonds is 11. The van der Waals surface area contributed by atoms with Crippen molar-refractivity contribution in [1.82, 2.24) is 14.1 Å². The van der Waals surface area contributed by atoms with Gasteiger partial charge in [0.1, 0.15) is 18.2 Å². The van der Waals surface area contributed by atoms with Crippen LogP contribution in [0.1, 0.15) is 88.6 Å². The van der Waals surface area contributed by atoms with Crippen LogP contribution >= 0.6 is 0 Å². The number of nitrogens with zero attached hydrogens (tertiary/aromatic N) is 5. The van der Waals surface area contributed by atoms with Crippen molar-refractivity contribution in [2.45, 2.75) is 78.6 Å². The summed E-state index contributed by atoms with van der Waals surface area (Å²) in [6.45, 7) is 19.0. The molecule has 14 rings (SSSR count). The molecule has 11 aromatic carbocycles. The summed E-state index contributed by atoms with van der Waals surface area (Å²) < 4.78 is 73.6. The van der Waals surface area contributed by atoms with Crippen LogP contribution in [-0.2, 0) is 23.2 Å². The maximum atomic E-state index is 9.46. The molecule has 13 aromatic rings. The van der Waals surface area contributed by atoms with Gasteiger partial charge in [0, 0.05) is 50.8 Å². The first-order valence-corrected chi connectivity index (χ1v) is 32.4. The van der Waals surface area contributed by atoms with Crippen molar-refractivity contribution in [3.8, 4) is 39.7 Å². The van der Waals surface area contributed by atoms with E-state index < -0.39 is 27.1 Å². The molecule has 0 fully saturated rings. The minimum Gasteiger partial charge on any atom is -0.457 e. The molecule has 2 aromatic heterocycles. The normalized spacial score (nSPS) is 14.3. The van der Waals surface area contributed by atoms with Gasteiger partial charge in [-0.05, 0) is 119 Å². The first-order valence-electron chi connectivity index (χ1n) is 33.9. The molecule has 6 nitrogen and oxygen atoms in total. The Hall–Kier alpha value is -9.69. The van der Waals surface area contributed by atoms with E-state index in [4.69, 9.17) is 16.6 Å². The van der Waals surface area contributed by atoms with E-state index in [0.717, 1.165) is 39.1 Å². The van der Waals surface area contributed by atoms with Crippen LogP contribution in [0.15, 0.2) is 261 Å². The summed E-state index contributed by atoms with van der Waals surface area (Å²) in [7, 11) is -3.34. The second-order valence-corrected chi connectivity index (χ2v) is 30.1. The van der Waals surface area contributed by atoms with E-state index in [0.29, 0.717) is 40.1 Å². The molecule has 0 saturated carbocycles. The first-order chi connectivity index (χ1) is 45.4. The number of hydrogen-bond acceptors (Lipinski definition) is 4. The van der Waals surface area contributed by atoms with Crippen molar-refractivity contribution >= 4 is 84.4 Å². The van der Waals surface area contributed by atoms with E-state index in [-0.39, 0.29) is 45.2 Å². The van der Waals surface area contributed by atoms with Gasteiger partial charge in [-0.1, -0.05) is 256 Å². The lowest BCUT2D eigenvalue weighted by molar-refractivity contribution is 0.484.